The van der Waals surface area contributed by atoms with Crippen molar-refractivity contribution in [2.45, 2.75) is 64.3 Å². The summed E-state index contributed by atoms with van der Waals surface area (Å²) in [5.74, 6) is 1.19. The van der Waals surface area contributed by atoms with E-state index in [0.717, 1.165) is 32.1 Å². The van der Waals surface area contributed by atoms with E-state index in [9.17, 15) is 4.79 Å². The zero-order chi connectivity index (χ0) is 15.1. The van der Waals surface area contributed by atoms with E-state index in [4.69, 9.17) is 5.73 Å². The normalized spacial score (nSPS) is 26.4. The molecule has 1 amide bonds. The second-order valence-electron chi connectivity index (χ2n) is 6.78. The zero-order valence-corrected chi connectivity index (χ0v) is 13.7. The Morgan fingerprint density at radius 1 is 1.10 bits per heavy atom. The Labute approximate surface area is 130 Å². The largest absolute Gasteiger partial charge is 0.343 e. The molecule has 0 aromatic rings. The Hall–Kier alpha value is -0.610. The molecule has 0 spiro atoms. The van der Waals surface area contributed by atoms with Gasteiger partial charge >= 0.3 is 0 Å². The quantitative estimate of drug-likeness (QED) is 0.846. The fourth-order valence-electron chi connectivity index (χ4n) is 3.80. The highest BCUT2D eigenvalue weighted by molar-refractivity contribution is 5.76. The van der Waals surface area contributed by atoms with E-state index in [0.29, 0.717) is 18.9 Å². The van der Waals surface area contributed by atoms with Crippen molar-refractivity contribution in [3.05, 3.63) is 0 Å². The Bertz CT molecular complexity index is 315. The van der Waals surface area contributed by atoms with Crippen LogP contribution in [0.3, 0.4) is 0 Å². The second kappa shape index (κ2) is 8.74. The molecule has 2 aliphatic rings. The summed E-state index contributed by atoms with van der Waals surface area (Å²) in [4.78, 5) is 17.0. The molecule has 2 atom stereocenters. The van der Waals surface area contributed by atoms with Gasteiger partial charge in [-0.2, -0.15) is 0 Å². The van der Waals surface area contributed by atoms with Gasteiger partial charge in [-0.15, -0.1) is 0 Å². The van der Waals surface area contributed by atoms with Crippen LogP contribution in [0.15, 0.2) is 0 Å². The van der Waals surface area contributed by atoms with Gasteiger partial charge in [0, 0.05) is 32.1 Å². The van der Waals surface area contributed by atoms with E-state index in [-0.39, 0.29) is 6.04 Å². The molecule has 2 heterocycles. The highest BCUT2D eigenvalue weighted by atomic mass is 16.2. The van der Waals surface area contributed by atoms with Crippen molar-refractivity contribution in [1.29, 1.82) is 0 Å². The first-order valence-corrected chi connectivity index (χ1v) is 8.96. The summed E-state index contributed by atoms with van der Waals surface area (Å²) >= 11 is 0. The van der Waals surface area contributed by atoms with Gasteiger partial charge in [-0.05, 0) is 57.5 Å². The first-order chi connectivity index (χ1) is 10.2. The Kier molecular flexibility index (Phi) is 6.97. The van der Waals surface area contributed by atoms with Crippen LogP contribution in [0.2, 0.25) is 0 Å². The van der Waals surface area contributed by atoms with E-state index < -0.39 is 0 Å². The van der Waals surface area contributed by atoms with Crippen molar-refractivity contribution < 1.29 is 4.79 Å². The van der Waals surface area contributed by atoms with Crippen molar-refractivity contribution >= 4 is 5.91 Å². The minimum Gasteiger partial charge on any atom is -0.343 e. The van der Waals surface area contributed by atoms with Crippen LogP contribution in [-0.2, 0) is 4.79 Å². The van der Waals surface area contributed by atoms with Crippen molar-refractivity contribution in [2.24, 2.45) is 11.7 Å². The number of nitrogens with zero attached hydrogens (tertiary/aromatic N) is 2. The molecule has 2 aliphatic heterocycles. The Balaban J connectivity index is 1.85. The van der Waals surface area contributed by atoms with Crippen LogP contribution in [-0.4, -0.2) is 54.5 Å². The molecule has 21 heavy (non-hydrogen) atoms. The summed E-state index contributed by atoms with van der Waals surface area (Å²) in [6, 6.07) is 0.245. The van der Waals surface area contributed by atoms with Crippen LogP contribution in [0.1, 0.15) is 58.3 Å². The summed E-state index contributed by atoms with van der Waals surface area (Å²) in [5.41, 5.74) is 5.99. The lowest BCUT2D eigenvalue weighted by molar-refractivity contribution is -0.133. The Morgan fingerprint density at radius 3 is 2.52 bits per heavy atom. The lowest BCUT2D eigenvalue weighted by Gasteiger charge is -2.33. The monoisotopic (exact) mass is 295 g/mol. The third-order valence-corrected chi connectivity index (χ3v) is 5.37. The molecule has 4 heteroatoms. The predicted octanol–water partition coefficient (Wildman–Crippen LogP) is 2.23. The van der Waals surface area contributed by atoms with Gasteiger partial charge in [0.15, 0.2) is 0 Å². The smallest absolute Gasteiger partial charge is 0.224 e. The van der Waals surface area contributed by atoms with Crippen LogP contribution in [0.25, 0.3) is 0 Å². The van der Waals surface area contributed by atoms with Crippen molar-refractivity contribution in [2.75, 3.05) is 32.7 Å². The standard InChI is InChI=1S/C17H33N3O/c1-2-15-7-6-11-19(12-8-15)16(14-18)13-17(21)20-9-4-3-5-10-20/h15-16H,2-14,18H2,1H3. The molecule has 0 aromatic carbocycles. The minimum atomic E-state index is 0.245. The summed E-state index contributed by atoms with van der Waals surface area (Å²) < 4.78 is 0. The third kappa shape index (κ3) is 4.96. The van der Waals surface area contributed by atoms with Crippen LogP contribution in [0.4, 0.5) is 0 Å². The highest BCUT2D eigenvalue weighted by Crippen LogP contribution is 2.22. The van der Waals surface area contributed by atoms with E-state index in [1.165, 1.54) is 44.9 Å². The summed E-state index contributed by atoms with van der Waals surface area (Å²) in [6.07, 6.45) is 9.37. The van der Waals surface area contributed by atoms with Gasteiger partial charge in [0.1, 0.15) is 0 Å². The molecule has 2 N–H and O–H groups in total. The summed E-state index contributed by atoms with van der Waals surface area (Å²) in [5, 5.41) is 0. The number of carbonyl (C=O) groups is 1. The molecule has 4 nitrogen and oxygen atoms in total. The average molecular weight is 295 g/mol. The molecule has 2 rings (SSSR count). The molecule has 2 unspecified atom stereocenters. The maximum atomic E-state index is 12.5. The second-order valence-corrected chi connectivity index (χ2v) is 6.78. The van der Waals surface area contributed by atoms with Crippen LogP contribution in [0, 0.1) is 5.92 Å². The minimum absolute atomic E-state index is 0.245. The van der Waals surface area contributed by atoms with Crippen molar-refractivity contribution in [3.8, 4) is 0 Å². The molecule has 0 bridgehead atoms. The molecule has 122 valence electrons. The zero-order valence-electron chi connectivity index (χ0n) is 13.7. The molecule has 0 radical (unpaired) electrons. The molecule has 0 saturated carbocycles. The van der Waals surface area contributed by atoms with Crippen molar-refractivity contribution in [3.63, 3.8) is 0 Å². The van der Waals surface area contributed by atoms with Crippen LogP contribution >= 0.6 is 0 Å². The number of hydrogen-bond donors (Lipinski definition) is 1. The summed E-state index contributed by atoms with van der Waals surface area (Å²) in [6.45, 7) is 7.04. The first-order valence-electron chi connectivity index (χ1n) is 8.96. The lowest BCUT2D eigenvalue weighted by Crippen LogP contribution is -2.46. The van der Waals surface area contributed by atoms with Crippen LogP contribution in [0.5, 0.6) is 0 Å². The fourth-order valence-corrected chi connectivity index (χ4v) is 3.80. The number of amides is 1. The molecule has 0 aliphatic carbocycles. The highest BCUT2D eigenvalue weighted by Gasteiger charge is 2.26. The molecular formula is C17H33N3O. The van der Waals surface area contributed by atoms with E-state index in [2.05, 4.69) is 16.7 Å². The lowest BCUT2D eigenvalue weighted by atomic mass is 9.98. The fraction of sp³-hybridized carbons (Fsp3) is 0.941. The molecule has 2 fully saturated rings. The van der Waals surface area contributed by atoms with Gasteiger partial charge in [0.2, 0.25) is 5.91 Å². The average Bonchev–Trinajstić information content (AvgIpc) is 2.78. The number of nitrogens with two attached hydrogens (primary N) is 1. The van der Waals surface area contributed by atoms with Gasteiger partial charge in [-0.3, -0.25) is 9.69 Å². The molecular weight excluding hydrogens is 262 g/mol. The molecule has 0 aromatic heterocycles. The van der Waals surface area contributed by atoms with Gasteiger partial charge in [0.25, 0.3) is 0 Å². The number of likely N-dealkylation sites (tertiary alicyclic amines) is 2. The maximum Gasteiger partial charge on any atom is 0.224 e. The van der Waals surface area contributed by atoms with E-state index in [1.807, 2.05) is 0 Å². The van der Waals surface area contributed by atoms with E-state index in [1.54, 1.807) is 0 Å². The number of rotatable bonds is 5. The predicted molar refractivity (Wildman–Crippen MR) is 87.1 cm³/mol. The summed E-state index contributed by atoms with van der Waals surface area (Å²) in [7, 11) is 0. The van der Waals surface area contributed by atoms with Crippen molar-refractivity contribution in [1.82, 2.24) is 9.80 Å². The van der Waals surface area contributed by atoms with Gasteiger partial charge in [-0.1, -0.05) is 13.3 Å². The maximum absolute atomic E-state index is 12.5. The van der Waals surface area contributed by atoms with Crippen LogP contribution < -0.4 is 5.73 Å². The third-order valence-electron chi connectivity index (χ3n) is 5.37. The van der Waals surface area contributed by atoms with Gasteiger partial charge in [-0.25, -0.2) is 0 Å². The number of piperidine rings is 1. The number of hydrogen-bond acceptors (Lipinski definition) is 3. The van der Waals surface area contributed by atoms with E-state index >= 15 is 0 Å². The topological polar surface area (TPSA) is 49.6 Å². The SMILES string of the molecule is CCC1CCCN(C(CN)CC(=O)N2CCCCC2)CC1. The number of carbonyl (C=O) groups excluding carboxylic acids is 1. The molecule has 2 saturated heterocycles. The first kappa shape index (κ1) is 16.8. The Morgan fingerprint density at radius 2 is 1.86 bits per heavy atom. The van der Waals surface area contributed by atoms with Gasteiger partial charge in [0.05, 0.1) is 0 Å². The van der Waals surface area contributed by atoms with Gasteiger partial charge < -0.3 is 10.6 Å².